The smallest absolute Gasteiger partial charge is 0.322 e. The van der Waals surface area contributed by atoms with E-state index in [9.17, 15) is 4.79 Å². The van der Waals surface area contributed by atoms with Crippen LogP contribution in [0, 0.1) is 6.92 Å². The second-order valence-corrected chi connectivity index (χ2v) is 3.58. The molecular formula is C12H12N2O2. The molecule has 2 N–H and O–H groups in total. The number of nitrogens with one attached hydrogen (secondary N) is 1. The third kappa shape index (κ3) is 2.11. The normalized spacial score (nSPS) is 10.3. The second-order valence-electron chi connectivity index (χ2n) is 3.58. The van der Waals surface area contributed by atoms with Gasteiger partial charge in [0.2, 0.25) is 0 Å². The summed E-state index contributed by atoms with van der Waals surface area (Å²) in [6, 6.07) is 9.51. The van der Waals surface area contributed by atoms with E-state index in [0.29, 0.717) is 0 Å². The number of aromatic nitrogens is 1. The van der Waals surface area contributed by atoms with Crippen LogP contribution in [0.5, 0.6) is 0 Å². The van der Waals surface area contributed by atoms with Crippen molar-refractivity contribution in [2.45, 2.75) is 6.92 Å². The highest BCUT2D eigenvalue weighted by Gasteiger charge is 2.04. The minimum absolute atomic E-state index is 0.0898. The zero-order chi connectivity index (χ0) is 11.5. The highest BCUT2D eigenvalue weighted by atomic mass is 16.4. The highest BCUT2D eigenvalue weighted by molar-refractivity contribution is 5.92. The first kappa shape index (κ1) is 10.4. The molecule has 0 amide bonds. The second kappa shape index (κ2) is 4.18. The summed E-state index contributed by atoms with van der Waals surface area (Å²) in [6.45, 7) is 1.80. The monoisotopic (exact) mass is 216 g/mol. The Balaban J connectivity index is 2.46. The Morgan fingerprint density at radius 2 is 2.19 bits per heavy atom. The van der Waals surface area contributed by atoms with E-state index in [1.165, 1.54) is 0 Å². The van der Waals surface area contributed by atoms with Crippen LogP contribution in [0.25, 0.3) is 10.9 Å². The molecule has 0 radical (unpaired) electrons. The summed E-state index contributed by atoms with van der Waals surface area (Å²) in [7, 11) is 0. The van der Waals surface area contributed by atoms with Gasteiger partial charge in [-0.3, -0.25) is 9.78 Å². The Labute approximate surface area is 92.9 Å². The van der Waals surface area contributed by atoms with Gasteiger partial charge in [0.25, 0.3) is 0 Å². The quantitative estimate of drug-likeness (QED) is 0.824. The van der Waals surface area contributed by atoms with Gasteiger partial charge >= 0.3 is 5.97 Å². The van der Waals surface area contributed by atoms with Crippen molar-refractivity contribution in [3.05, 3.63) is 36.0 Å². The topological polar surface area (TPSA) is 62.2 Å². The van der Waals surface area contributed by atoms with E-state index in [-0.39, 0.29) is 6.54 Å². The molecule has 0 bridgehead atoms. The molecule has 0 unspecified atom stereocenters. The van der Waals surface area contributed by atoms with Gasteiger partial charge in [0, 0.05) is 16.8 Å². The maximum Gasteiger partial charge on any atom is 0.322 e. The summed E-state index contributed by atoms with van der Waals surface area (Å²) < 4.78 is 0. The number of nitrogens with zero attached hydrogens (tertiary/aromatic N) is 1. The van der Waals surface area contributed by atoms with Crippen molar-refractivity contribution in [2.75, 3.05) is 11.9 Å². The molecule has 1 heterocycles. The Bertz CT molecular complexity index is 538. The number of fused-ring (bicyclic) bond motifs is 1. The first-order chi connectivity index (χ1) is 7.66. The number of carbonyl (C=O) groups is 1. The summed E-state index contributed by atoms with van der Waals surface area (Å²) in [5, 5.41) is 12.5. The Morgan fingerprint density at radius 1 is 1.44 bits per heavy atom. The van der Waals surface area contributed by atoms with Crippen LogP contribution in [0.3, 0.4) is 0 Å². The summed E-state index contributed by atoms with van der Waals surface area (Å²) >= 11 is 0. The number of aliphatic carboxylic acids is 1. The number of benzene rings is 1. The number of aryl methyl sites for hydroxylation is 1. The average Bonchev–Trinajstić information content (AvgIpc) is 2.25. The summed E-state index contributed by atoms with van der Waals surface area (Å²) in [5.41, 5.74) is 2.55. The van der Waals surface area contributed by atoms with Gasteiger partial charge in [-0.15, -0.1) is 0 Å². The van der Waals surface area contributed by atoms with Crippen molar-refractivity contribution in [1.82, 2.24) is 4.98 Å². The lowest BCUT2D eigenvalue weighted by atomic mass is 10.1. The minimum atomic E-state index is -0.876. The molecule has 0 fully saturated rings. The maximum absolute atomic E-state index is 10.5. The molecule has 0 aliphatic rings. The van der Waals surface area contributed by atoms with E-state index in [2.05, 4.69) is 10.3 Å². The fraction of sp³-hybridized carbons (Fsp3) is 0.167. The van der Waals surface area contributed by atoms with Crippen LogP contribution >= 0.6 is 0 Å². The van der Waals surface area contributed by atoms with Gasteiger partial charge in [0.05, 0.1) is 5.52 Å². The summed E-state index contributed by atoms with van der Waals surface area (Å²) in [4.78, 5) is 14.9. The third-order valence-corrected chi connectivity index (χ3v) is 2.27. The molecule has 1 aromatic carbocycles. The number of rotatable bonds is 3. The highest BCUT2D eigenvalue weighted by Crippen LogP contribution is 2.22. The fourth-order valence-corrected chi connectivity index (χ4v) is 1.62. The van der Waals surface area contributed by atoms with E-state index >= 15 is 0 Å². The zero-order valence-electron chi connectivity index (χ0n) is 8.90. The minimum Gasteiger partial charge on any atom is -0.480 e. The molecule has 0 saturated carbocycles. The molecule has 0 atom stereocenters. The zero-order valence-corrected chi connectivity index (χ0v) is 8.90. The van der Waals surface area contributed by atoms with E-state index in [1.807, 2.05) is 37.3 Å². The standard InChI is InChI=1S/C12H12N2O2/c1-8-6-11(13-7-12(15)16)9-4-2-3-5-10(9)14-8/h2-6H,7H2,1H3,(H,13,14)(H,15,16). The fourth-order valence-electron chi connectivity index (χ4n) is 1.62. The number of carboxylic acids is 1. The van der Waals surface area contributed by atoms with Crippen LogP contribution in [-0.2, 0) is 4.79 Å². The molecule has 0 spiro atoms. The lowest BCUT2D eigenvalue weighted by molar-refractivity contribution is -0.134. The van der Waals surface area contributed by atoms with Crippen LogP contribution in [0.1, 0.15) is 5.69 Å². The van der Waals surface area contributed by atoms with Crippen LogP contribution in [0.15, 0.2) is 30.3 Å². The molecule has 4 nitrogen and oxygen atoms in total. The van der Waals surface area contributed by atoms with Gasteiger partial charge in [0.1, 0.15) is 6.54 Å². The van der Waals surface area contributed by atoms with Gasteiger partial charge in [-0.05, 0) is 19.1 Å². The molecule has 0 aliphatic heterocycles. The van der Waals surface area contributed by atoms with Gasteiger partial charge in [-0.25, -0.2) is 0 Å². The number of para-hydroxylation sites is 1. The average molecular weight is 216 g/mol. The van der Waals surface area contributed by atoms with Crippen molar-refractivity contribution < 1.29 is 9.90 Å². The third-order valence-electron chi connectivity index (χ3n) is 2.27. The maximum atomic E-state index is 10.5. The van der Waals surface area contributed by atoms with Crippen molar-refractivity contribution in [1.29, 1.82) is 0 Å². The molecule has 4 heteroatoms. The van der Waals surface area contributed by atoms with E-state index < -0.39 is 5.97 Å². The predicted octanol–water partition coefficient (Wildman–Crippen LogP) is 2.04. The molecule has 1 aromatic heterocycles. The Hall–Kier alpha value is -2.10. The van der Waals surface area contributed by atoms with Gasteiger partial charge in [-0.2, -0.15) is 0 Å². The lowest BCUT2D eigenvalue weighted by Crippen LogP contribution is -2.12. The molecule has 16 heavy (non-hydrogen) atoms. The Morgan fingerprint density at radius 3 is 2.94 bits per heavy atom. The summed E-state index contributed by atoms with van der Waals surface area (Å²) in [5.74, 6) is -0.876. The van der Waals surface area contributed by atoms with E-state index in [0.717, 1.165) is 22.3 Å². The lowest BCUT2D eigenvalue weighted by Gasteiger charge is -2.08. The number of hydrogen-bond donors (Lipinski definition) is 2. The van der Waals surface area contributed by atoms with Crippen molar-refractivity contribution in [3.8, 4) is 0 Å². The first-order valence-electron chi connectivity index (χ1n) is 4.99. The van der Waals surface area contributed by atoms with Crippen molar-refractivity contribution in [2.24, 2.45) is 0 Å². The summed E-state index contributed by atoms with van der Waals surface area (Å²) in [6.07, 6.45) is 0. The van der Waals surface area contributed by atoms with E-state index in [1.54, 1.807) is 0 Å². The number of carboxylic acid groups (broad SMARTS) is 1. The largest absolute Gasteiger partial charge is 0.480 e. The van der Waals surface area contributed by atoms with Crippen LogP contribution in [0.2, 0.25) is 0 Å². The molecule has 2 aromatic rings. The van der Waals surface area contributed by atoms with Crippen LogP contribution in [0.4, 0.5) is 5.69 Å². The van der Waals surface area contributed by atoms with Crippen molar-refractivity contribution in [3.63, 3.8) is 0 Å². The van der Waals surface area contributed by atoms with E-state index in [4.69, 9.17) is 5.11 Å². The van der Waals surface area contributed by atoms with Crippen LogP contribution < -0.4 is 5.32 Å². The molecular weight excluding hydrogens is 204 g/mol. The molecule has 0 aliphatic carbocycles. The molecule has 0 saturated heterocycles. The Kier molecular flexibility index (Phi) is 2.72. The SMILES string of the molecule is Cc1cc(NCC(=O)O)c2ccccc2n1. The van der Waals surface area contributed by atoms with Crippen LogP contribution in [-0.4, -0.2) is 22.6 Å². The molecule has 82 valence electrons. The number of hydrogen-bond acceptors (Lipinski definition) is 3. The van der Waals surface area contributed by atoms with Crippen molar-refractivity contribution >= 4 is 22.6 Å². The first-order valence-corrected chi connectivity index (χ1v) is 4.99. The predicted molar refractivity (Wildman–Crippen MR) is 62.6 cm³/mol. The molecule has 2 rings (SSSR count). The number of anilines is 1. The van der Waals surface area contributed by atoms with Gasteiger partial charge < -0.3 is 10.4 Å². The number of pyridine rings is 1. The van der Waals surface area contributed by atoms with Gasteiger partial charge in [-0.1, -0.05) is 18.2 Å². The van der Waals surface area contributed by atoms with Gasteiger partial charge in [0.15, 0.2) is 0 Å².